The maximum Gasteiger partial charge on any atom is 0.195 e. The van der Waals surface area contributed by atoms with Gasteiger partial charge in [0.25, 0.3) is 0 Å². The summed E-state index contributed by atoms with van der Waals surface area (Å²) in [7, 11) is 0. The summed E-state index contributed by atoms with van der Waals surface area (Å²) in [5, 5.41) is 0. The molecule has 0 aromatic heterocycles. The fourth-order valence-electron chi connectivity index (χ4n) is 0.969. The van der Waals surface area contributed by atoms with Gasteiger partial charge in [-0.15, -0.1) is 0 Å². The normalized spacial score (nSPS) is 16.8. The molecule has 0 aromatic rings. The number of hydrogen-bond acceptors (Lipinski definition) is 3. The Morgan fingerprint density at radius 1 is 0.824 bits per heavy atom. The Bertz CT molecular complexity index is 435. The van der Waals surface area contributed by atoms with Crippen LogP contribution < -0.4 is 0 Å². The summed E-state index contributed by atoms with van der Waals surface area (Å²) in [6.45, 7) is 0.126. The molecule has 1 rings (SSSR count). The molecule has 3 heteroatoms. The molecule has 0 unspecified atom stereocenters. The van der Waals surface area contributed by atoms with E-state index in [0.29, 0.717) is 0 Å². The van der Waals surface area contributed by atoms with Gasteiger partial charge in [0.05, 0.1) is 6.21 Å². The third kappa shape index (κ3) is 7.62. The van der Waals surface area contributed by atoms with E-state index in [1.807, 2.05) is 42.5 Å². The standard InChI is InChI=1S/C14H14N2O/c17-14-12-15-10-8-6-4-2-1-3-5-7-9-11-16-13-14/h1-12H,13H2. The molecular formula is C14H14N2O. The Labute approximate surface area is 101 Å². The second-order valence-corrected chi connectivity index (χ2v) is 3.12. The monoisotopic (exact) mass is 226 g/mol. The lowest BCUT2D eigenvalue weighted by Gasteiger charge is -1.84. The largest absolute Gasteiger partial charge is 0.291 e. The van der Waals surface area contributed by atoms with Crippen LogP contribution in [0.5, 0.6) is 0 Å². The molecule has 0 fully saturated rings. The number of ketones is 1. The highest BCUT2D eigenvalue weighted by atomic mass is 16.1. The molecule has 86 valence electrons. The molecule has 17 heavy (non-hydrogen) atoms. The molecule has 0 aromatic carbocycles. The van der Waals surface area contributed by atoms with Crippen molar-refractivity contribution in [3.8, 4) is 0 Å². The lowest BCUT2D eigenvalue weighted by molar-refractivity contribution is -0.111. The maximum absolute atomic E-state index is 11.2. The van der Waals surface area contributed by atoms with E-state index in [9.17, 15) is 4.79 Å². The molecule has 0 amide bonds. The van der Waals surface area contributed by atoms with E-state index >= 15 is 0 Å². The lowest BCUT2D eigenvalue weighted by atomic mass is 10.3. The van der Waals surface area contributed by atoms with Crippen molar-refractivity contribution in [1.29, 1.82) is 0 Å². The van der Waals surface area contributed by atoms with Crippen molar-refractivity contribution in [3.63, 3.8) is 0 Å². The first-order valence-electron chi connectivity index (χ1n) is 5.27. The SMILES string of the molecule is O=C1C=NC=CC=CC=CC=CC=CC=NC1. The average Bonchev–Trinajstić information content (AvgIpc) is 2.32. The molecular weight excluding hydrogens is 212 g/mol. The predicted molar refractivity (Wildman–Crippen MR) is 72.6 cm³/mol. The first kappa shape index (κ1) is 12.8. The molecule has 0 radical (unpaired) electrons. The molecule has 1 heterocycles. The van der Waals surface area contributed by atoms with Gasteiger partial charge in [-0.1, -0.05) is 42.5 Å². The second kappa shape index (κ2) is 8.97. The van der Waals surface area contributed by atoms with Crippen LogP contribution in [-0.2, 0) is 4.79 Å². The number of Topliss-reactive ketones (excluding diaryl/α,β-unsaturated/α-hetero) is 1. The summed E-state index contributed by atoms with van der Waals surface area (Å²) in [5.74, 6) is -0.120. The maximum atomic E-state index is 11.2. The summed E-state index contributed by atoms with van der Waals surface area (Å²) in [5.41, 5.74) is 0. The third-order valence-corrected chi connectivity index (χ3v) is 1.72. The van der Waals surface area contributed by atoms with Gasteiger partial charge in [0.2, 0.25) is 0 Å². The Hall–Kier alpha value is -2.29. The first-order valence-corrected chi connectivity index (χ1v) is 5.27. The van der Waals surface area contributed by atoms with Crippen molar-refractivity contribution in [2.24, 2.45) is 9.98 Å². The minimum Gasteiger partial charge on any atom is -0.291 e. The Morgan fingerprint density at radius 2 is 1.41 bits per heavy atom. The second-order valence-electron chi connectivity index (χ2n) is 3.12. The van der Waals surface area contributed by atoms with Crippen molar-refractivity contribution >= 4 is 18.2 Å². The quantitative estimate of drug-likeness (QED) is 0.625. The van der Waals surface area contributed by atoms with Crippen molar-refractivity contribution in [1.82, 2.24) is 0 Å². The molecule has 3 nitrogen and oxygen atoms in total. The number of hydrogen-bond donors (Lipinski definition) is 0. The van der Waals surface area contributed by atoms with Crippen LogP contribution in [0.4, 0.5) is 0 Å². The fourth-order valence-corrected chi connectivity index (χ4v) is 0.969. The Balaban J connectivity index is 2.70. The van der Waals surface area contributed by atoms with Gasteiger partial charge in [-0.2, -0.15) is 0 Å². The van der Waals surface area contributed by atoms with Crippen molar-refractivity contribution in [3.05, 3.63) is 60.9 Å². The number of aliphatic imine (C=N–C) groups is 2. The van der Waals surface area contributed by atoms with Gasteiger partial charge in [0.15, 0.2) is 5.78 Å². The van der Waals surface area contributed by atoms with Crippen LogP contribution in [0.3, 0.4) is 0 Å². The lowest BCUT2D eigenvalue weighted by Crippen LogP contribution is -2.02. The van der Waals surface area contributed by atoms with E-state index in [1.54, 1.807) is 24.6 Å². The van der Waals surface area contributed by atoms with Crippen LogP contribution >= 0.6 is 0 Å². The predicted octanol–water partition coefficient (Wildman–Crippen LogP) is 2.45. The topological polar surface area (TPSA) is 41.8 Å². The average molecular weight is 226 g/mol. The Kier molecular flexibility index (Phi) is 6.75. The number of carbonyl (C=O) groups is 1. The number of rotatable bonds is 0. The van der Waals surface area contributed by atoms with E-state index in [2.05, 4.69) is 9.98 Å². The molecule has 1 aliphatic heterocycles. The molecule has 0 aliphatic carbocycles. The molecule has 0 N–H and O–H groups in total. The van der Waals surface area contributed by atoms with Crippen molar-refractivity contribution in [2.45, 2.75) is 0 Å². The van der Waals surface area contributed by atoms with E-state index in [0.717, 1.165) is 0 Å². The van der Waals surface area contributed by atoms with Crippen LogP contribution in [0.15, 0.2) is 70.9 Å². The summed E-state index contributed by atoms with van der Waals surface area (Å²) in [4.78, 5) is 19.0. The van der Waals surface area contributed by atoms with E-state index < -0.39 is 0 Å². The van der Waals surface area contributed by atoms with Gasteiger partial charge in [0, 0.05) is 12.4 Å². The van der Waals surface area contributed by atoms with Gasteiger partial charge in [-0.05, 0) is 12.2 Å². The van der Waals surface area contributed by atoms with Crippen LogP contribution in [0.2, 0.25) is 0 Å². The van der Waals surface area contributed by atoms with Gasteiger partial charge in [-0.25, -0.2) is 0 Å². The smallest absolute Gasteiger partial charge is 0.195 e. The van der Waals surface area contributed by atoms with Gasteiger partial charge >= 0.3 is 0 Å². The molecule has 0 saturated carbocycles. The van der Waals surface area contributed by atoms with Gasteiger partial charge in [-0.3, -0.25) is 14.8 Å². The molecule has 0 atom stereocenters. The fraction of sp³-hybridized carbons (Fsp3) is 0.0714. The van der Waals surface area contributed by atoms with Crippen molar-refractivity contribution < 1.29 is 4.79 Å². The zero-order valence-corrected chi connectivity index (χ0v) is 9.44. The number of carbonyl (C=O) groups excluding carboxylic acids is 1. The summed E-state index contributed by atoms with van der Waals surface area (Å²) >= 11 is 0. The van der Waals surface area contributed by atoms with Gasteiger partial charge < -0.3 is 0 Å². The molecule has 1 aliphatic rings. The zero-order chi connectivity index (χ0) is 12.2. The van der Waals surface area contributed by atoms with Crippen molar-refractivity contribution in [2.75, 3.05) is 6.54 Å². The van der Waals surface area contributed by atoms with Gasteiger partial charge in [0.1, 0.15) is 6.54 Å². The number of nitrogens with zero attached hydrogens (tertiary/aromatic N) is 2. The summed E-state index contributed by atoms with van der Waals surface area (Å²) in [6.07, 6.45) is 21.2. The first-order chi connectivity index (χ1) is 8.39. The summed E-state index contributed by atoms with van der Waals surface area (Å²) in [6, 6.07) is 0. The minimum atomic E-state index is -0.120. The van der Waals surface area contributed by atoms with Crippen LogP contribution in [-0.4, -0.2) is 24.8 Å². The molecule has 0 bridgehead atoms. The van der Waals surface area contributed by atoms with Crippen LogP contribution in [0.25, 0.3) is 0 Å². The number of allylic oxidation sites excluding steroid dienone is 9. The van der Waals surface area contributed by atoms with E-state index in [4.69, 9.17) is 0 Å². The zero-order valence-electron chi connectivity index (χ0n) is 9.44. The van der Waals surface area contributed by atoms with E-state index in [1.165, 1.54) is 6.21 Å². The minimum absolute atomic E-state index is 0.120. The molecule has 0 saturated heterocycles. The molecule has 0 spiro atoms. The van der Waals surface area contributed by atoms with Crippen LogP contribution in [0, 0.1) is 0 Å². The van der Waals surface area contributed by atoms with E-state index in [-0.39, 0.29) is 12.3 Å². The highest BCUT2D eigenvalue weighted by Gasteiger charge is 1.91. The van der Waals surface area contributed by atoms with Crippen LogP contribution in [0.1, 0.15) is 0 Å². The Morgan fingerprint density at radius 3 is 2.12 bits per heavy atom. The highest BCUT2D eigenvalue weighted by molar-refractivity contribution is 6.28. The summed E-state index contributed by atoms with van der Waals surface area (Å²) < 4.78 is 0. The highest BCUT2D eigenvalue weighted by Crippen LogP contribution is 1.85. The third-order valence-electron chi connectivity index (χ3n) is 1.72.